The monoisotopic (exact) mass is 515 g/mol. The molecule has 1 unspecified atom stereocenters. The van der Waals surface area contributed by atoms with Gasteiger partial charge in [-0.15, -0.1) is 0 Å². The molecule has 0 aromatic heterocycles. The number of amides is 3. The van der Waals surface area contributed by atoms with Gasteiger partial charge in [-0.3, -0.25) is 19.3 Å². The number of hydrogen-bond acceptors (Lipinski definition) is 5. The third-order valence-corrected chi connectivity index (χ3v) is 7.29. The minimum absolute atomic E-state index is 0.115. The van der Waals surface area contributed by atoms with Crippen molar-refractivity contribution >= 4 is 23.4 Å². The average Bonchev–Trinajstić information content (AvgIpc) is 3.24. The Kier molecular flexibility index (Phi) is 7.51. The van der Waals surface area contributed by atoms with E-state index < -0.39 is 23.7 Å². The summed E-state index contributed by atoms with van der Waals surface area (Å²) in [4.78, 5) is 45.6. The Hall–Kier alpha value is -4.04. The molecule has 1 atom stereocenters. The fourth-order valence-corrected chi connectivity index (χ4v) is 5.36. The lowest BCUT2D eigenvalue weighted by Gasteiger charge is -2.40. The van der Waals surface area contributed by atoms with Crippen LogP contribution >= 0.6 is 0 Å². The van der Waals surface area contributed by atoms with E-state index in [1.807, 2.05) is 18.2 Å². The Bertz CT molecular complexity index is 1310. The van der Waals surface area contributed by atoms with E-state index in [1.165, 1.54) is 36.9 Å². The highest BCUT2D eigenvalue weighted by atomic mass is 19.1. The van der Waals surface area contributed by atoms with E-state index in [1.54, 1.807) is 29.2 Å². The minimum atomic E-state index is -0.933. The van der Waals surface area contributed by atoms with E-state index in [4.69, 9.17) is 4.74 Å². The van der Waals surface area contributed by atoms with Gasteiger partial charge in [0.05, 0.1) is 19.2 Å². The minimum Gasteiger partial charge on any atom is -0.497 e. The van der Waals surface area contributed by atoms with Crippen LogP contribution in [0.1, 0.15) is 35.2 Å². The highest BCUT2D eigenvalue weighted by molar-refractivity contribution is 6.23. The van der Waals surface area contributed by atoms with Crippen molar-refractivity contribution in [2.45, 2.75) is 37.9 Å². The topological polar surface area (TPSA) is 70.2 Å². The number of anilines is 1. The zero-order valence-electron chi connectivity index (χ0n) is 21.3. The van der Waals surface area contributed by atoms with Gasteiger partial charge in [0.25, 0.3) is 11.8 Å². The van der Waals surface area contributed by atoms with Crippen molar-refractivity contribution in [1.29, 1.82) is 0 Å². The van der Waals surface area contributed by atoms with Crippen molar-refractivity contribution < 1.29 is 23.5 Å². The number of piperidine rings is 1. The third-order valence-electron chi connectivity index (χ3n) is 7.29. The molecule has 0 spiro atoms. The van der Waals surface area contributed by atoms with Crippen LogP contribution < -0.4 is 9.64 Å². The largest absolute Gasteiger partial charge is 0.497 e. The Labute approximate surface area is 221 Å². The predicted molar refractivity (Wildman–Crippen MR) is 141 cm³/mol. The van der Waals surface area contributed by atoms with E-state index in [0.717, 1.165) is 24.5 Å². The van der Waals surface area contributed by atoms with Gasteiger partial charge >= 0.3 is 0 Å². The van der Waals surface area contributed by atoms with E-state index in [0.29, 0.717) is 29.8 Å². The van der Waals surface area contributed by atoms with Crippen LogP contribution in [0.15, 0.2) is 78.9 Å². The van der Waals surface area contributed by atoms with Crippen LogP contribution in [0.25, 0.3) is 0 Å². The fraction of sp³-hybridized carbons (Fsp3) is 0.300. The molecule has 0 radical (unpaired) electrons. The lowest BCUT2D eigenvalue weighted by molar-refractivity contribution is -0.123. The number of halogens is 1. The van der Waals surface area contributed by atoms with Gasteiger partial charge in [0.15, 0.2) is 0 Å². The molecule has 5 rings (SSSR count). The molecule has 2 aliphatic rings. The van der Waals surface area contributed by atoms with Gasteiger partial charge in [-0.1, -0.05) is 36.4 Å². The van der Waals surface area contributed by atoms with Crippen LogP contribution in [0.4, 0.5) is 10.1 Å². The first-order valence-electron chi connectivity index (χ1n) is 12.8. The molecule has 0 N–H and O–H groups in total. The smallest absolute Gasteiger partial charge is 0.257 e. The number of hydrogen-bond donors (Lipinski definition) is 0. The molecule has 2 saturated heterocycles. The van der Waals surface area contributed by atoms with Crippen LogP contribution in [-0.2, 0) is 16.1 Å². The lowest BCUT2D eigenvalue weighted by atomic mass is 9.98. The first-order chi connectivity index (χ1) is 18.4. The Morgan fingerprint density at radius 3 is 2.37 bits per heavy atom. The third kappa shape index (κ3) is 5.31. The summed E-state index contributed by atoms with van der Waals surface area (Å²) in [6, 6.07) is 21.2. The SMILES string of the molecule is COc1cccc(C(=O)N(C2CCN(Cc3ccccc3)CC2)C2CC(=O)N(c3ccc(F)cc3)C2=O)c1. The van der Waals surface area contributed by atoms with Gasteiger partial charge < -0.3 is 9.64 Å². The number of carbonyl (C=O) groups excluding carboxylic acids is 3. The number of likely N-dealkylation sites (tertiary alicyclic amines) is 1. The van der Waals surface area contributed by atoms with Crippen molar-refractivity contribution in [3.05, 3.63) is 95.8 Å². The first-order valence-corrected chi connectivity index (χ1v) is 12.8. The van der Waals surface area contributed by atoms with Crippen LogP contribution in [0.2, 0.25) is 0 Å². The normalized spacial score (nSPS) is 18.6. The number of rotatable bonds is 7. The second kappa shape index (κ2) is 11.1. The van der Waals surface area contributed by atoms with Crippen molar-refractivity contribution in [1.82, 2.24) is 9.80 Å². The maximum absolute atomic E-state index is 13.9. The van der Waals surface area contributed by atoms with Crippen molar-refractivity contribution in [3.8, 4) is 5.75 Å². The molecule has 2 fully saturated rings. The second-order valence-corrected chi connectivity index (χ2v) is 9.70. The first kappa shape index (κ1) is 25.6. The zero-order valence-corrected chi connectivity index (χ0v) is 21.3. The van der Waals surface area contributed by atoms with E-state index in [9.17, 15) is 18.8 Å². The Morgan fingerprint density at radius 2 is 1.68 bits per heavy atom. The summed E-state index contributed by atoms with van der Waals surface area (Å²) in [5, 5.41) is 0. The van der Waals surface area contributed by atoms with Crippen molar-refractivity contribution in [2.24, 2.45) is 0 Å². The lowest BCUT2D eigenvalue weighted by Crippen LogP contribution is -2.54. The van der Waals surface area contributed by atoms with Gasteiger partial charge in [0.2, 0.25) is 5.91 Å². The molecule has 0 aliphatic carbocycles. The number of nitrogens with zero attached hydrogens (tertiary/aromatic N) is 3. The van der Waals surface area contributed by atoms with Crippen molar-refractivity contribution in [2.75, 3.05) is 25.1 Å². The number of benzene rings is 3. The zero-order chi connectivity index (χ0) is 26.6. The van der Waals surface area contributed by atoms with Gasteiger partial charge in [-0.05, 0) is 60.9 Å². The molecule has 3 amide bonds. The summed E-state index contributed by atoms with van der Waals surface area (Å²) < 4.78 is 18.8. The van der Waals surface area contributed by atoms with Crippen LogP contribution in [-0.4, -0.2) is 59.8 Å². The summed E-state index contributed by atoms with van der Waals surface area (Å²) in [5.74, 6) is -1.10. The number of methoxy groups -OCH3 is 1. The highest BCUT2D eigenvalue weighted by Gasteiger charge is 2.47. The van der Waals surface area contributed by atoms with Crippen LogP contribution in [0.3, 0.4) is 0 Å². The fourth-order valence-electron chi connectivity index (χ4n) is 5.36. The molecule has 38 heavy (non-hydrogen) atoms. The number of carbonyl (C=O) groups is 3. The van der Waals surface area contributed by atoms with Gasteiger partial charge in [-0.25, -0.2) is 9.29 Å². The average molecular weight is 516 g/mol. The summed E-state index contributed by atoms with van der Waals surface area (Å²) >= 11 is 0. The summed E-state index contributed by atoms with van der Waals surface area (Å²) in [7, 11) is 1.53. The molecule has 0 bridgehead atoms. The summed E-state index contributed by atoms with van der Waals surface area (Å²) in [6.07, 6.45) is 1.24. The molecular weight excluding hydrogens is 485 g/mol. The highest BCUT2D eigenvalue weighted by Crippen LogP contribution is 2.31. The molecule has 0 saturated carbocycles. The van der Waals surface area contributed by atoms with Crippen molar-refractivity contribution in [3.63, 3.8) is 0 Å². The maximum atomic E-state index is 13.9. The standard InChI is InChI=1S/C30H30FN3O4/c1-38-26-9-5-8-22(18-26)29(36)33(25-14-16-32(17-15-25)20-21-6-3-2-4-7-21)27-19-28(35)34(30(27)37)24-12-10-23(31)11-13-24/h2-13,18,25,27H,14-17,19-20H2,1H3. The molecule has 2 heterocycles. The van der Waals surface area contributed by atoms with Gasteiger partial charge in [0.1, 0.15) is 17.6 Å². The maximum Gasteiger partial charge on any atom is 0.257 e. The second-order valence-electron chi connectivity index (χ2n) is 9.70. The van der Waals surface area contributed by atoms with E-state index in [-0.39, 0.29) is 18.4 Å². The molecule has 7 nitrogen and oxygen atoms in total. The quantitative estimate of drug-likeness (QED) is 0.440. The Morgan fingerprint density at radius 1 is 0.974 bits per heavy atom. The van der Waals surface area contributed by atoms with Crippen LogP contribution in [0.5, 0.6) is 5.75 Å². The molecule has 3 aromatic rings. The summed E-state index contributed by atoms with van der Waals surface area (Å²) in [6.45, 7) is 2.34. The molecule has 196 valence electrons. The van der Waals surface area contributed by atoms with E-state index in [2.05, 4.69) is 17.0 Å². The Balaban J connectivity index is 1.40. The molecule has 2 aliphatic heterocycles. The molecular formula is C30H30FN3O4. The number of ether oxygens (including phenoxy) is 1. The van der Waals surface area contributed by atoms with E-state index >= 15 is 0 Å². The number of imide groups is 1. The summed E-state index contributed by atoms with van der Waals surface area (Å²) in [5.41, 5.74) is 1.92. The molecule has 8 heteroatoms. The molecule has 3 aromatic carbocycles. The van der Waals surface area contributed by atoms with Crippen LogP contribution in [0, 0.1) is 5.82 Å². The van der Waals surface area contributed by atoms with Gasteiger partial charge in [0, 0.05) is 31.2 Å². The van der Waals surface area contributed by atoms with Gasteiger partial charge in [-0.2, -0.15) is 0 Å². The predicted octanol–water partition coefficient (Wildman–Crippen LogP) is 4.27.